The van der Waals surface area contributed by atoms with Crippen LogP contribution in [0, 0.1) is 5.92 Å². The molecule has 1 saturated heterocycles. The van der Waals surface area contributed by atoms with Gasteiger partial charge in [0.15, 0.2) is 0 Å². The zero-order valence-electron chi connectivity index (χ0n) is 15.4. The second-order valence-electron chi connectivity index (χ2n) is 8.12. The van der Waals surface area contributed by atoms with Gasteiger partial charge in [-0.1, -0.05) is 32.0 Å². The maximum absolute atomic E-state index is 12.9. The van der Waals surface area contributed by atoms with Gasteiger partial charge in [0.1, 0.15) is 0 Å². The molecule has 4 nitrogen and oxygen atoms in total. The van der Waals surface area contributed by atoms with Crippen molar-refractivity contribution in [3.63, 3.8) is 0 Å². The third kappa shape index (κ3) is 3.59. The van der Waals surface area contributed by atoms with Crippen molar-refractivity contribution in [2.75, 3.05) is 13.1 Å². The van der Waals surface area contributed by atoms with Crippen LogP contribution < -0.4 is 5.32 Å². The predicted molar refractivity (Wildman–Crippen MR) is 102 cm³/mol. The number of nitrogens with one attached hydrogen (secondary N) is 1. The Balaban J connectivity index is 1.48. The quantitative estimate of drug-likeness (QED) is 0.903. The second-order valence-corrected chi connectivity index (χ2v) is 8.12. The van der Waals surface area contributed by atoms with E-state index >= 15 is 0 Å². The van der Waals surface area contributed by atoms with Gasteiger partial charge in [-0.2, -0.15) is 0 Å². The summed E-state index contributed by atoms with van der Waals surface area (Å²) in [5.74, 6) is 0.641. The van der Waals surface area contributed by atoms with Gasteiger partial charge in [0, 0.05) is 48.8 Å². The van der Waals surface area contributed by atoms with Gasteiger partial charge >= 0.3 is 0 Å². The standard InChI is InChI=1S/C21H29N3O/c1-15(2)13-24-14-19(18-5-3-4-6-20(18)24)21(25)22-16-9-11-23(12-10-16)17-7-8-17/h3-6,14-17H,7-13H2,1-2H3,(H,22,25). The highest BCUT2D eigenvalue weighted by atomic mass is 16.1. The van der Waals surface area contributed by atoms with Crippen molar-refractivity contribution in [3.8, 4) is 0 Å². The molecule has 0 unspecified atom stereocenters. The van der Waals surface area contributed by atoms with Crippen LogP contribution in [-0.4, -0.2) is 40.5 Å². The number of para-hydroxylation sites is 1. The summed E-state index contributed by atoms with van der Waals surface area (Å²) in [4.78, 5) is 15.5. The number of carbonyl (C=O) groups excluding carboxylic acids is 1. The van der Waals surface area contributed by atoms with E-state index in [0.29, 0.717) is 12.0 Å². The van der Waals surface area contributed by atoms with Crippen molar-refractivity contribution in [2.45, 2.75) is 58.2 Å². The van der Waals surface area contributed by atoms with Crippen LogP contribution in [0.4, 0.5) is 0 Å². The lowest BCUT2D eigenvalue weighted by Crippen LogP contribution is -2.45. The number of aromatic nitrogens is 1. The first-order valence-electron chi connectivity index (χ1n) is 9.74. The fraction of sp³-hybridized carbons (Fsp3) is 0.571. The first kappa shape index (κ1) is 16.6. The highest BCUT2D eigenvalue weighted by Crippen LogP contribution is 2.29. The molecule has 1 aliphatic carbocycles. The number of piperidine rings is 1. The molecule has 1 amide bonds. The third-order valence-corrected chi connectivity index (χ3v) is 5.52. The first-order valence-corrected chi connectivity index (χ1v) is 9.74. The molecule has 2 aromatic rings. The Hall–Kier alpha value is -1.81. The van der Waals surface area contributed by atoms with Crippen LogP contribution in [0.1, 0.15) is 49.9 Å². The van der Waals surface area contributed by atoms with E-state index in [0.717, 1.165) is 55.0 Å². The molecule has 2 heterocycles. The van der Waals surface area contributed by atoms with Gasteiger partial charge in [-0.25, -0.2) is 0 Å². The fourth-order valence-electron chi connectivity index (χ4n) is 4.08. The summed E-state index contributed by atoms with van der Waals surface area (Å²) in [7, 11) is 0. The van der Waals surface area contributed by atoms with Crippen molar-refractivity contribution in [2.24, 2.45) is 5.92 Å². The average Bonchev–Trinajstić information content (AvgIpc) is 3.38. The lowest BCUT2D eigenvalue weighted by atomic mass is 10.0. The summed E-state index contributed by atoms with van der Waals surface area (Å²) in [5.41, 5.74) is 1.98. The van der Waals surface area contributed by atoms with Crippen molar-refractivity contribution in [1.82, 2.24) is 14.8 Å². The number of hydrogen-bond donors (Lipinski definition) is 1. The minimum Gasteiger partial charge on any atom is -0.349 e. The van der Waals surface area contributed by atoms with Crippen molar-refractivity contribution >= 4 is 16.8 Å². The molecule has 1 N–H and O–H groups in total. The molecule has 134 valence electrons. The van der Waals surface area contributed by atoms with E-state index in [2.05, 4.69) is 46.8 Å². The number of benzene rings is 1. The van der Waals surface area contributed by atoms with E-state index in [1.807, 2.05) is 12.3 Å². The van der Waals surface area contributed by atoms with Crippen LogP contribution in [0.3, 0.4) is 0 Å². The lowest BCUT2D eigenvalue weighted by Gasteiger charge is -2.32. The van der Waals surface area contributed by atoms with Crippen molar-refractivity contribution in [3.05, 3.63) is 36.0 Å². The van der Waals surface area contributed by atoms with E-state index in [1.165, 1.54) is 12.8 Å². The Morgan fingerprint density at radius 3 is 2.56 bits per heavy atom. The van der Waals surface area contributed by atoms with Crippen LogP contribution >= 0.6 is 0 Å². The molecule has 0 atom stereocenters. The molecule has 0 bridgehead atoms. The number of carbonyl (C=O) groups is 1. The molecular formula is C21H29N3O. The largest absolute Gasteiger partial charge is 0.349 e. The van der Waals surface area contributed by atoms with Gasteiger partial charge in [-0.05, 0) is 37.7 Å². The number of likely N-dealkylation sites (tertiary alicyclic amines) is 1. The Morgan fingerprint density at radius 2 is 1.88 bits per heavy atom. The maximum Gasteiger partial charge on any atom is 0.253 e. The van der Waals surface area contributed by atoms with Crippen LogP contribution in [0.15, 0.2) is 30.5 Å². The van der Waals surface area contributed by atoms with Gasteiger partial charge in [0.05, 0.1) is 5.56 Å². The highest BCUT2D eigenvalue weighted by molar-refractivity contribution is 6.07. The molecule has 4 heteroatoms. The number of fused-ring (bicyclic) bond motifs is 1. The lowest BCUT2D eigenvalue weighted by molar-refractivity contribution is 0.0910. The molecule has 0 radical (unpaired) electrons. The third-order valence-electron chi connectivity index (χ3n) is 5.52. The van der Waals surface area contributed by atoms with E-state index in [1.54, 1.807) is 0 Å². The molecule has 1 aromatic carbocycles. The minimum absolute atomic E-state index is 0.0866. The summed E-state index contributed by atoms with van der Waals surface area (Å²) < 4.78 is 2.23. The average molecular weight is 339 g/mol. The van der Waals surface area contributed by atoms with Crippen LogP contribution in [0.5, 0.6) is 0 Å². The highest BCUT2D eigenvalue weighted by Gasteiger charge is 2.32. The SMILES string of the molecule is CC(C)Cn1cc(C(=O)NC2CCN(C3CC3)CC2)c2ccccc21. The molecule has 0 spiro atoms. The topological polar surface area (TPSA) is 37.3 Å². The zero-order valence-corrected chi connectivity index (χ0v) is 15.4. The maximum atomic E-state index is 12.9. The Bertz CT molecular complexity index is 752. The van der Waals surface area contributed by atoms with Crippen LogP contribution in [-0.2, 0) is 6.54 Å². The van der Waals surface area contributed by atoms with Crippen molar-refractivity contribution in [1.29, 1.82) is 0 Å². The van der Waals surface area contributed by atoms with Crippen LogP contribution in [0.25, 0.3) is 10.9 Å². The molecule has 1 aliphatic heterocycles. The summed E-state index contributed by atoms with van der Waals surface area (Å²) in [6, 6.07) is 9.40. The number of amides is 1. The zero-order chi connectivity index (χ0) is 17.4. The summed E-state index contributed by atoms with van der Waals surface area (Å²) in [6.45, 7) is 7.62. The molecule has 25 heavy (non-hydrogen) atoms. The monoisotopic (exact) mass is 339 g/mol. The molecule has 1 saturated carbocycles. The van der Waals surface area contributed by atoms with E-state index in [-0.39, 0.29) is 5.91 Å². The van der Waals surface area contributed by atoms with Gasteiger partial charge in [-0.15, -0.1) is 0 Å². The Kier molecular flexibility index (Phi) is 4.55. The van der Waals surface area contributed by atoms with Gasteiger partial charge in [0.25, 0.3) is 5.91 Å². The number of rotatable bonds is 5. The summed E-state index contributed by atoms with van der Waals surface area (Å²) >= 11 is 0. The normalized spacial score (nSPS) is 19.6. The minimum atomic E-state index is 0.0866. The van der Waals surface area contributed by atoms with E-state index in [4.69, 9.17) is 0 Å². The molecule has 1 aromatic heterocycles. The second kappa shape index (κ2) is 6.83. The van der Waals surface area contributed by atoms with Crippen molar-refractivity contribution < 1.29 is 4.79 Å². The molecular weight excluding hydrogens is 310 g/mol. The van der Waals surface area contributed by atoms with Gasteiger partial charge < -0.3 is 14.8 Å². The summed E-state index contributed by atoms with van der Waals surface area (Å²) in [5, 5.41) is 4.36. The van der Waals surface area contributed by atoms with E-state index < -0.39 is 0 Å². The van der Waals surface area contributed by atoms with Gasteiger partial charge in [0.2, 0.25) is 0 Å². The Labute approximate surface area is 150 Å². The molecule has 2 fully saturated rings. The van der Waals surface area contributed by atoms with Gasteiger partial charge in [-0.3, -0.25) is 4.79 Å². The molecule has 4 rings (SSSR count). The predicted octanol–water partition coefficient (Wildman–Crippen LogP) is 3.65. The fourth-order valence-corrected chi connectivity index (χ4v) is 4.08. The molecule has 2 aliphatic rings. The van der Waals surface area contributed by atoms with Crippen LogP contribution in [0.2, 0.25) is 0 Å². The van der Waals surface area contributed by atoms with E-state index in [9.17, 15) is 4.79 Å². The number of hydrogen-bond acceptors (Lipinski definition) is 2. The summed E-state index contributed by atoms with van der Waals surface area (Å²) in [6.07, 6.45) is 6.93. The first-order chi connectivity index (χ1) is 12.1. The Morgan fingerprint density at radius 1 is 1.16 bits per heavy atom. The smallest absolute Gasteiger partial charge is 0.253 e. The number of nitrogens with zero attached hydrogens (tertiary/aromatic N) is 2.